The van der Waals surface area contributed by atoms with Gasteiger partial charge in [-0.2, -0.15) is 0 Å². The number of amides is 1. The summed E-state index contributed by atoms with van der Waals surface area (Å²) in [6, 6.07) is 12.2. The number of carbonyl (C=O) groups is 1. The Balaban J connectivity index is 1.94. The fraction of sp³-hybridized carbons (Fsp3) is 0.478. The largest absolute Gasteiger partial charge is 0.468 e. The van der Waals surface area contributed by atoms with Gasteiger partial charge in [0.15, 0.2) is 5.96 Å². The molecule has 2 N–H and O–H groups in total. The van der Waals surface area contributed by atoms with Gasteiger partial charge in [-0.3, -0.25) is 14.7 Å². The Morgan fingerprint density at radius 3 is 2.37 bits per heavy atom. The monoisotopic (exact) mass is 413 g/mol. The summed E-state index contributed by atoms with van der Waals surface area (Å²) in [5.41, 5.74) is 2.18. The molecule has 1 aromatic carbocycles. The van der Waals surface area contributed by atoms with Crippen molar-refractivity contribution in [1.29, 1.82) is 0 Å². The van der Waals surface area contributed by atoms with Crippen LogP contribution in [-0.4, -0.2) is 54.9 Å². The predicted molar refractivity (Wildman–Crippen MR) is 121 cm³/mol. The van der Waals surface area contributed by atoms with Gasteiger partial charge in [0.1, 0.15) is 5.76 Å². The highest BCUT2D eigenvalue weighted by atomic mass is 16.3. The number of aliphatic imine (C=N–C) groups is 1. The highest BCUT2D eigenvalue weighted by molar-refractivity contribution is 5.86. The molecule has 0 saturated carbocycles. The summed E-state index contributed by atoms with van der Waals surface area (Å²) in [5, 5.41) is 6.35. The normalized spacial score (nSPS) is 12.2. The number of hydrogen-bond donors (Lipinski definition) is 2. The van der Waals surface area contributed by atoms with Crippen LogP contribution in [0.5, 0.6) is 0 Å². The Morgan fingerprint density at radius 2 is 1.77 bits per heavy atom. The van der Waals surface area contributed by atoms with Gasteiger partial charge in [-0.1, -0.05) is 24.3 Å². The Kier molecular flexibility index (Phi) is 8.47. The fourth-order valence-electron chi connectivity index (χ4n) is 3.21. The summed E-state index contributed by atoms with van der Waals surface area (Å²) >= 11 is 0. The Morgan fingerprint density at radius 1 is 1.07 bits per heavy atom. The molecule has 1 amide bonds. The third-order valence-electron chi connectivity index (χ3n) is 4.47. The van der Waals surface area contributed by atoms with Crippen LogP contribution in [0.3, 0.4) is 0 Å². The van der Waals surface area contributed by atoms with Gasteiger partial charge in [0.25, 0.3) is 0 Å². The molecule has 2 rings (SSSR count). The molecule has 0 fully saturated rings. The van der Waals surface area contributed by atoms with E-state index in [1.807, 2.05) is 50.9 Å². The van der Waals surface area contributed by atoms with Crippen LogP contribution in [0.15, 0.2) is 52.1 Å². The first kappa shape index (κ1) is 23.5. The molecule has 0 radical (unpaired) electrons. The summed E-state index contributed by atoms with van der Waals surface area (Å²) in [4.78, 5) is 20.6. The Labute approximate surface area is 180 Å². The van der Waals surface area contributed by atoms with E-state index in [-0.39, 0.29) is 18.0 Å². The lowest BCUT2D eigenvalue weighted by atomic mass is 10.1. The minimum atomic E-state index is -0.254. The van der Waals surface area contributed by atoms with Gasteiger partial charge in [0.05, 0.1) is 19.4 Å². The molecule has 0 atom stereocenters. The van der Waals surface area contributed by atoms with E-state index < -0.39 is 0 Å². The van der Waals surface area contributed by atoms with Crippen LogP contribution in [0.2, 0.25) is 0 Å². The van der Waals surface area contributed by atoms with Crippen LogP contribution < -0.4 is 10.6 Å². The predicted octanol–water partition coefficient (Wildman–Crippen LogP) is 2.83. The second kappa shape index (κ2) is 10.8. The maximum Gasteiger partial charge on any atom is 0.240 e. The molecule has 0 unspecified atom stereocenters. The first-order chi connectivity index (χ1) is 14.2. The molecular formula is C23H35N5O2. The SMILES string of the molecule is CN=C(NCc1ccccc1CN(C)Cc1ccco1)N(C)CC(=O)NC(C)(C)C. The van der Waals surface area contributed by atoms with Crippen LogP contribution in [0.1, 0.15) is 37.7 Å². The molecule has 7 nitrogen and oxygen atoms in total. The number of carbonyl (C=O) groups excluding carboxylic acids is 1. The quantitative estimate of drug-likeness (QED) is 0.514. The molecule has 164 valence electrons. The molecule has 30 heavy (non-hydrogen) atoms. The number of likely N-dealkylation sites (N-methyl/N-ethyl adjacent to an activating group) is 1. The number of guanidine groups is 1. The van der Waals surface area contributed by atoms with Gasteiger partial charge in [-0.25, -0.2) is 0 Å². The summed E-state index contributed by atoms with van der Waals surface area (Å²) in [6.45, 7) is 8.34. The van der Waals surface area contributed by atoms with Crippen LogP contribution in [-0.2, 0) is 24.4 Å². The molecule has 0 aliphatic heterocycles. The number of nitrogens with one attached hydrogen (secondary N) is 2. The van der Waals surface area contributed by atoms with Crippen molar-refractivity contribution >= 4 is 11.9 Å². The summed E-state index contributed by atoms with van der Waals surface area (Å²) in [6.07, 6.45) is 1.70. The molecule has 1 heterocycles. The Bertz CT molecular complexity index is 824. The molecule has 0 spiro atoms. The lowest BCUT2D eigenvalue weighted by Crippen LogP contribution is -2.48. The number of benzene rings is 1. The summed E-state index contributed by atoms with van der Waals surface area (Å²) < 4.78 is 5.45. The first-order valence-corrected chi connectivity index (χ1v) is 10.2. The van der Waals surface area contributed by atoms with Crippen LogP contribution >= 0.6 is 0 Å². The molecule has 0 aliphatic rings. The molecule has 2 aromatic rings. The van der Waals surface area contributed by atoms with Crippen molar-refractivity contribution < 1.29 is 9.21 Å². The fourth-order valence-corrected chi connectivity index (χ4v) is 3.21. The molecule has 7 heteroatoms. The van der Waals surface area contributed by atoms with Crippen molar-refractivity contribution in [2.75, 3.05) is 27.7 Å². The van der Waals surface area contributed by atoms with E-state index in [4.69, 9.17) is 4.42 Å². The van der Waals surface area contributed by atoms with Gasteiger partial charge in [0, 0.05) is 32.7 Å². The van der Waals surface area contributed by atoms with Gasteiger partial charge in [-0.05, 0) is 51.1 Å². The zero-order valence-electron chi connectivity index (χ0n) is 19.0. The van der Waals surface area contributed by atoms with Crippen molar-refractivity contribution in [2.45, 2.75) is 45.9 Å². The van der Waals surface area contributed by atoms with Crippen LogP contribution in [0.25, 0.3) is 0 Å². The summed E-state index contributed by atoms with van der Waals surface area (Å²) in [5.74, 6) is 1.59. The number of furan rings is 1. The highest BCUT2D eigenvalue weighted by Crippen LogP contribution is 2.13. The third kappa shape index (κ3) is 7.91. The van der Waals surface area contributed by atoms with Crippen LogP contribution in [0.4, 0.5) is 0 Å². The van der Waals surface area contributed by atoms with Gasteiger partial charge >= 0.3 is 0 Å². The number of nitrogens with zero attached hydrogens (tertiary/aromatic N) is 3. The maximum atomic E-state index is 12.2. The summed E-state index contributed by atoms with van der Waals surface area (Å²) in [7, 11) is 5.66. The van der Waals surface area contributed by atoms with Crippen molar-refractivity contribution in [3.63, 3.8) is 0 Å². The highest BCUT2D eigenvalue weighted by Gasteiger charge is 2.17. The average Bonchev–Trinajstić information content (AvgIpc) is 3.14. The third-order valence-corrected chi connectivity index (χ3v) is 4.47. The average molecular weight is 414 g/mol. The van der Waals surface area contributed by atoms with Gasteiger partial charge < -0.3 is 20.0 Å². The van der Waals surface area contributed by atoms with E-state index in [1.54, 1.807) is 13.3 Å². The van der Waals surface area contributed by atoms with E-state index in [2.05, 4.69) is 45.8 Å². The first-order valence-electron chi connectivity index (χ1n) is 10.2. The lowest BCUT2D eigenvalue weighted by Gasteiger charge is -2.26. The number of hydrogen-bond acceptors (Lipinski definition) is 4. The van der Waals surface area contributed by atoms with E-state index in [0.29, 0.717) is 12.5 Å². The van der Waals surface area contributed by atoms with E-state index >= 15 is 0 Å². The second-order valence-corrected chi connectivity index (χ2v) is 8.58. The van der Waals surface area contributed by atoms with Crippen LogP contribution in [0, 0.1) is 0 Å². The minimum absolute atomic E-state index is 0.0344. The zero-order chi connectivity index (χ0) is 22.1. The van der Waals surface area contributed by atoms with Crippen molar-refractivity contribution in [1.82, 2.24) is 20.4 Å². The van der Waals surface area contributed by atoms with Gasteiger partial charge in [-0.15, -0.1) is 0 Å². The smallest absolute Gasteiger partial charge is 0.240 e. The lowest BCUT2D eigenvalue weighted by molar-refractivity contribution is -0.122. The van der Waals surface area contributed by atoms with E-state index in [9.17, 15) is 4.79 Å². The van der Waals surface area contributed by atoms with E-state index in [0.717, 1.165) is 18.8 Å². The van der Waals surface area contributed by atoms with Gasteiger partial charge in [0.2, 0.25) is 5.91 Å². The van der Waals surface area contributed by atoms with E-state index in [1.165, 1.54) is 11.1 Å². The molecule has 0 bridgehead atoms. The minimum Gasteiger partial charge on any atom is -0.468 e. The molecular weight excluding hydrogens is 378 g/mol. The topological polar surface area (TPSA) is 73.1 Å². The molecule has 1 aromatic heterocycles. The Hall–Kier alpha value is -2.80. The number of rotatable bonds is 8. The van der Waals surface area contributed by atoms with Crippen molar-refractivity contribution in [3.8, 4) is 0 Å². The molecule has 0 aliphatic carbocycles. The maximum absolute atomic E-state index is 12.2. The second-order valence-electron chi connectivity index (χ2n) is 8.58. The van der Waals surface area contributed by atoms with Crippen molar-refractivity contribution in [3.05, 3.63) is 59.5 Å². The standard InChI is InChI=1S/C23H35N5O2/c1-23(2,3)26-21(29)17-28(6)22(24-4)25-14-18-10-7-8-11-19(18)15-27(5)16-20-12-9-13-30-20/h7-13H,14-17H2,1-6H3,(H,24,25)(H,26,29). The van der Waals surface area contributed by atoms with Crippen molar-refractivity contribution in [2.24, 2.45) is 4.99 Å². The zero-order valence-corrected chi connectivity index (χ0v) is 19.0. The molecule has 0 saturated heterocycles.